The van der Waals surface area contributed by atoms with Crippen LogP contribution in [0.1, 0.15) is 22.3 Å². The largest absolute Gasteiger partial charge is 0.443 e. The van der Waals surface area contributed by atoms with Crippen LogP contribution in [-0.4, -0.2) is 4.98 Å². The summed E-state index contributed by atoms with van der Waals surface area (Å²) in [5.74, 6) is 0. The fraction of sp³-hybridized carbons (Fsp3) is 0.364. The maximum atomic E-state index is 5.35. The Bertz CT molecular complexity index is 435. The van der Waals surface area contributed by atoms with E-state index in [1.165, 1.54) is 28.6 Å². The zero-order valence-corrected chi connectivity index (χ0v) is 13.5. The number of oxazole rings is 1. The van der Waals surface area contributed by atoms with Crippen molar-refractivity contribution in [2.75, 3.05) is 0 Å². The van der Waals surface area contributed by atoms with Crippen LogP contribution >= 0.6 is 37.2 Å². The molecule has 1 heterocycles. The topological polar surface area (TPSA) is 26.0 Å². The van der Waals surface area contributed by atoms with E-state index in [4.69, 9.17) is 4.42 Å². The first-order valence-electron chi connectivity index (χ1n) is 4.56. The summed E-state index contributed by atoms with van der Waals surface area (Å²) in [5.41, 5.74) is 6.99. The summed E-state index contributed by atoms with van der Waals surface area (Å²) in [5, 5.41) is 0. The van der Waals surface area contributed by atoms with Crippen LogP contribution in [0, 0.1) is 27.7 Å². The molecule has 4 heteroatoms. The molecule has 0 spiro atoms. The smallest absolute Gasteiger partial charge is 0.182 e. The van der Waals surface area contributed by atoms with Gasteiger partial charge in [0.1, 0.15) is 5.52 Å². The average Bonchev–Trinajstić information content (AvgIpc) is 2.75. The summed E-state index contributed by atoms with van der Waals surface area (Å²) in [6.45, 7) is 8.42. The number of aromatic nitrogens is 1. The van der Waals surface area contributed by atoms with Crippen LogP contribution in [0.25, 0.3) is 11.1 Å². The van der Waals surface area contributed by atoms with E-state index < -0.39 is 0 Å². The summed E-state index contributed by atoms with van der Waals surface area (Å²) < 4.78 is 5.35. The van der Waals surface area contributed by atoms with Crippen LogP contribution in [0.3, 0.4) is 0 Å². The fourth-order valence-corrected chi connectivity index (χ4v) is 1.69. The van der Waals surface area contributed by atoms with Crippen molar-refractivity contribution < 1.29 is 4.42 Å². The van der Waals surface area contributed by atoms with Gasteiger partial charge in [-0.1, -0.05) is 0 Å². The van der Waals surface area contributed by atoms with E-state index in [9.17, 15) is 0 Å². The number of benzene rings is 1. The van der Waals surface area contributed by atoms with Crippen LogP contribution in [0.4, 0.5) is 0 Å². The molecule has 0 aliphatic rings. The Balaban J connectivity index is 0.000000531. The highest BCUT2D eigenvalue weighted by Crippen LogP contribution is 2.27. The molecule has 0 saturated carbocycles. The van der Waals surface area contributed by atoms with Crippen molar-refractivity contribution in [2.45, 2.75) is 27.7 Å². The van der Waals surface area contributed by atoms with E-state index in [-0.39, 0.29) is 0 Å². The van der Waals surface area contributed by atoms with Crippen LogP contribution in [0.15, 0.2) is 10.8 Å². The van der Waals surface area contributed by atoms with Crippen molar-refractivity contribution in [1.82, 2.24) is 4.98 Å². The SMILES string of the molecule is Cc1c(C)c(C)c2ocnc2c1C.II. The van der Waals surface area contributed by atoms with Gasteiger partial charge in [-0.05, 0) is 49.9 Å². The lowest BCUT2D eigenvalue weighted by Crippen LogP contribution is -1.92. The van der Waals surface area contributed by atoms with Gasteiger partial charge in [-0.2, -0.15) is 0 Å². The second-order valence-electron chi connectivity index (χ2n) is 3.53. The molecule has 0 saturated heterocycles. The molecule has 0 aliphatic carbocycles. The Hall–Kier alpha value is 0.150. The standard InChI is InChI=1S/C11H13NO.I2/c1-6-7(2)9(4)11-10(8(6)3)12-5-13-11;1-2/h5H,1-4H3;. The Kier molecular flexibility index (Phi) is 4.82. The van der Waals surface area contributed by atoms with E-state index in [2.05, 4.69) is 69.9 Å². The molecule has 0 fully saturated rings. The first-order chi connectivity index (χ1) is 7.13. The predicted octanol–water partition coefficient (Wildman–Crippen LogP) is 4.83. The molecule has 1 aromatic carbocycles. The molecular weight excluding hydrogens is 416 g/mol. The molecule has 2 aromatic rings. The van der Waals surface area contributed by atoms with Crippen LogP contribution in [0.2, 0.25) is 0 Å². The van der Waals surface area contributed by atoms with E-state index >= 15 is 0 Å². The van der Waals surface area contributed by atoms with Gasteiger partial charge in [-0.25, -0.2) is 4.98 Å². The number of hydrogen-bond acceptors (Lipinski definition) is 2. The molecule has 82 valence electrons. The third-order valence-electron chi connectivity index (χ3n) is 2.95. The summed E-state index contributed by atoms with van der Waals surface area (Å²) >= 11 is 4.24. The van der Waals surface area contributed by atoms with E-state index in [1.54, 1.807) is 0 Å². The third kappa shape index (κ3) is 2.30. The summed E-state index contributed by atoms with van der Waals surface area (Å²) in [7, 11) is 0. The van der Waals surface area contributed by atoms with Crippen LogP contribution in [-0.2, 0) is 0 Å². The molecule has 0 N–H and O–H groups in total. The predicted molar refractivity (Wildman–Crippen MR) is 81.0 cm³/mol. The molecule has 0 unspecified atom stereocenters. The highest BCUT2D eigenvalue weighted by Gasteiger charge is 2.11. The minimum Gasteiger partial charge on any atom is -0.443 e. The van der Waals surface area contributed by atoms with Gasteiger partial charge in [0.05, 0.1) is 0 Å². The highest BCUT2D eigenvalue weighted by atomic mass is 128. The molecule has 1 aromatic heterocycles. The lowest BCUT2D eigenvalue weighted by atomic mass is 9.98. The van der Waals surface area contributed by atoms with Gasteiger partial charge in [0.25, 0.3) is 0 Å². The molecule has 0 bridgehead atoms. The molecule has 2 nitrogen and oxygen atoms in total. The molecule has 0 atom stereocenters. The van der Waals surface area contributed by atoms with Crippen molar-refractivity contribution in [1.29, 1.82) is 0 Å². The Morgan fingerprint density at radius 3 is 2.07 bits per heavy atom. The number of aryl methyl sites for hydroxylation is 2. The van der Waals surface area contributed by atoms with E-state index in [1.807, 2.05) is 0 Å². The van der Waals surface area contributed by atoms with Gasteiger partial charge < -0.3 is 4.42 Å². The lowest BCUT2D eigenvalue weighted by Gasteiger charge is -2.08. The lowest BCUT2D eigenvalue weighted by molar-refractivity contribution is 0.599. The van der Waals surface area contributed by atoms with Gasteiger partial charge in [0.15, 0.2) is 12.0 Å². The van der Waals surface area contributed by atoms with Crippen molar-refractivity contribution in [3.8, 4) is 0 Å². The van der Waals surface area contributed by atoms with Crippen LogP contribution < -0.4 is 0 Å². The summed E-state index contributed by atoms with van der Waals surface area (Å²) in [6.07, 6.45) is 1.52. The van der Waals surface area contributed by atoms with E-state index in [0.29, 0.717) is 0 Å². The first-order valence-corrected chi connectivity index (χ1v) is 10.9. The molecule has 2 rings (SSSR count). The van der Waals surface area contributed by atoms with Crippen molar-refractivity contribution in [3.63, 3.8) is 0 Å². The highest BCUT2D eigenvalue weighted by molar-refractivity contribution is 15.0. The quantitative estimate of drug-likeness (QED) is 0.561. The number of hydrogen-bond donors (Lipinski definition) is 0. The Labute approximate surface area is 113 Å². The molecule has 0 aliphatic heterocycles. The number of nitrogens with zero attached hydrogens (tertiary/aromatic N) is 1. The zero-order chi connectivity index (χ0) is 11.6. The summed E-state index contributed by atoms with van der Waals surface area (Å²) in [4.78, 5) is 4.21. The van der Waals surface area contributed by atoms with Gasteiger partial charge in [0, 0.05) is 37.2 Å². The maximum absolute atomic E-state index is 5.35. The molecule has 0 amide bonds. The van der Waals surface area contributed by atoms with Gasteiger partial charge >= 0.3 is 0 Å². The maximum Gasteiger partial charge on any atom is 0.182 e. The monoisotopic (exact) mass is 429 g/mol. The Morgan fingerprint density at radius 1 is 0.933 bits per heavy atom. The fourth-order valence-electron chi connectivity index (χ4n) is 1.69. The third-order valence-corrected chi connectivity index (χ3v) is 2.95. The van der Waals surface area contributed by atoms with Crippen molar-refractivity contribution >= 4 is 48.3 Å². The van der Waals surface area contributed by atoms with Crippen LogP contribution in [0.5, 0.6) is 0 Å². The molecular formula is C11H13I2NO. The summed E-state index contributed by atoms with van der Waals surface area (Å²) in [6, 6.07) is 0. The Morgan fingerprint density at radius 2 is 1.47 bits per heavy atom. The van der Waals surface area contributed by atoms with Crippen molar-refractivity contribution in [3.05, 3.63) is 28.6 Å². The molecule has 0 radical (unpaired) electrons. The first kappa shape index (κ1) is 13.2. The van der Waals surface area contributed by atoms with Crippen molar-refractivity contribution in [2.24, 2.45) is 0 Å². The molecule has 15 heavy (non-hydrogen) atoms. The average molecular weight is 429 g/mol. The van der Waals surface area contributed by atoms with Gasteiger partial charge in [0.2, 0.25) is 0 Å². The van der Waals surface area contributed by atoms with Gasteiger partial charge in [-0.15, -0.1) is 0 Å². The second-order valence-corrected chi connectivity index (χ2v) is 3.53. The second kappa shape index (κ2) is 5.47. The minimum atomic E-state index is 0.931. The zero-order valence-electron chi connectivity index (χ0n) is 9.19. The van der Waals surface area contributed by atoms with E-state index in [0.717, 1.165) is 11.1 Å². The minimum absolute atomic E-state index is 0.931. The number of halogens is 2. The number of rotatable bonds is 0. The van der Waals surface area contributed by atoms with Gasteiger partial charge in [-0.3, -0.25) is 0 Å². The number of fused-ring (bicyclic) bond motifs is 1. The normalized spacial score (nSPS) is 10.0.